The van der Waals surface area contributed by atoms with E-state index in [1.54, 1.807) is 0 Å². The highest BCUT2D eigenvalue weighted by Crippen LogP contribution is 2.42. The number of hydrogen-bond acceptors (Lipinski definition) is 4. The van der Waals surface area contributed by atoms with E-state index in [1.807, 2.05) is 18.5 Å². The van der Waals surface area contributed by atoms with Crippen LogP contribution in [0.1, 0.15) is 38.5 Å². The van der Waals surface area contributed by atoms with Gasteiger partial charge in [-0.3, -0.25) is 4.90 Å². The van der Waals surface area contributed by atoms with Gasteiger partial charge in [-0.05, 0) is 63.1 Å². The maximum atomic E-state index is 4.39. The Bertz CT molecular complexity index is 513. The lowest BCUT2D eigenvalue weighted by molar-refractivity contribution is 0.193. The van der Waals surface area contributed by atoms with Crippen LogP contribution in [0.2, 0.25) is 0 Å². The lowest BCUT2D eigenvalue weighted by Crippen LogP contribution is -2.43. The molecule has 0 N–H and O–H groups in total. The molecule has 3 heterocycles. The second kappa shape index (κ2) is 5.99. The number of allylic oxidation sites excluding steroid dienone is 1. The monoisotopic (exact) mass is 298 g/mol. The van der Waals surface area contributed by atoms with Gasteiger partial charge in [-0.2, -0.15) is 0 Å². The van der Waals surface area contributed by atoms with E-state index in [9.17, 15) is 0 Å². The van der Waals surface area contributed by atoms with Crippen molar-refractivity contribution in [3.05, 3.63) is 30.6 Å². The van der Waals surface area contributed by atoms with E-state index in [0.29, 0.717) is 11.5 Å². The van der Waals surface area contributed by atoms with Gasteiger partial charge < -0.3 is 4.90 Å². The van der Waals surface area contributed by atoms with Crippen LogP contribution in [-0.2, 0) is 0 Å². The van der Waals surface area contributed by atoms with Crippen molar-refractivity contribution in [2.75, 3.05) is 31.1 Å². The zero-order valence-corrected chi connectivity index (χ0v) is 13.3. The summed E-state index contributed by atoms with van der Waals surface area (Å²) in [4.78, 5) is 13.8. The van der Waals surface area contributed by atoms with Gasteiger partial charge in [0.25, 0.3) is 0 Å². The molecule has 2 aliphatic heterocycles. The maximum Gasteiger partial charge on any atom is 0.225 e. The molecular formula is C18H26N4. The summed E-state index contributed by atoms with van der Waals surface area (Å²) in [5.74, 6) is 0.895. The van der Waals surface area contributed by atoms with Crippen molar-refractivity contribution >= 4 is 5.95 Å². The molecule has 4 rings (SSSR count). The average molecular weight is 298 g/mol. The third-order valence-corrected chi connectivity index (χ3v) is 5.81. The van der Waals surface area contributed by atoms with Gasteiger partial charge in [0.1, 0.15) is 0 Å². The van der Waals surface area contributed by atoms with E-state index in [1.165, 1.54) is 51.6 Å². The first-order chi connectivity index (χ1) is 10.8. The summed E-state index contributed by atoms with van der Waals surface area (Å²) in [6, 6.07) is 2.60. The molecule has 1 aliphatic carbocycles. The van der Waals surface area contributed by atoms with E-state index in [2.05, 4.69) is 31.9 Å². The number of nitrogens with zero attached hydrogens (tertiary/aromatic N) is 4. The molecule has 0 aromatic carbocycles. The van der Waals surface area contributed by atoms with Gasteiger partial charge in [-0.1, -0.05) is 12.2 Å². The summed E-state index contributed by atoms with van der Waals surface area (Å²) >= 11 is 0. The van der Waals surface area contributed by atoms with Gasteiger partial charge in [-0.25, -0.2) is 9.97 Å². The lowest BCUT2D eigenvalue weighted by atomic mass is 9.71. The fourth-order valence-electron chi connectivity index (χ4n) is 4.33. The minimum Gasteiger partial charge on any atom is -0.341 e. The molecule has 0 unspecified atom stereocenters. The van der Waals surface area contributed by atoms with Crippen molar-refractivity contribution in [3.63, 3.8) is 0 Å². The van der Waals surface area contributed by atoms with Crippen LogP contribution in [0.3, 0.4) is 0 Å². The van der Waals surface area contributed by atoms with E-state index < -0.39 is 0 Å². The van der Waals surface area contributed by atoms with Crippen molar-refractivity contribution in [1.29, 1.82) is 0 Å². The van der Waals surface area contributed by atoms with E-state index in [-0.39, 0.29) is 0 Å². The first-order valence-electron chi connectivity index (χ1n) is 8.80. The summed E-state index contributed by atoms with van der Waals surface area (Å²) < 4.78 is 0. The van der Waals surface area contributed by atoms with Gasteiger partial charge in [0, 0.05) is 31.5 Å². The van der Waals surface area contributed by atoms with Gasteiger partial charge >= 0.3 is 0 Å². The van der Waals surface area contributed by atoms with Gasteiger partial charge in [0.15, 0.2) is 0 Å². The molecular weight excluding hydrogens is 272 g/mol. The molecule has 1 spiro atoms. The Labute approximate surface area is 133 Å². The predicted octanol–water partition coefficient (Wildman–Crippen LogP) is 2.88. The number of piperidine rings is 1. The quantitative estimate of drug-likeness (QED) is 0.786. The Morgan fingerprint density at radius 2 is 1.68 bits per heavy atom. The summed E-state index contributed by atoms with van der Waals surface area (Å²) in [5.41, 5.74) is 0.446. The number of aromatic nitrogens is 2. The standard InChI is InChI=1S/C18H26N4/c1-2-13-21(12-1)16-4-6-18(7-5-16)8-14-22(15-9-18)17-19-10-3-11-20-17/h3-4,6,10-11,16H,1-2,5,7-9,12-15H2/t16-/m0/s1. The SMILES string of the molecule is C1=CC2(CC[C@H]1N1CCCC1)CCN(c1ncccn1)CC2. The second-order valence-electron chi connectivity index (χ2n) is 7.11. The number of likely N-dealkylation sites (tertiary alicyclic amines) is 1. The van der Waals surface area contributed by atoms with Crippen LogP contribution in [0, 0.1) is 5.41 Å². The molecule has 3 aliphatic rings. The molecule has 0 radical (unpaired) electrons. The van der Waals surface area contributed by atoms with Gasteiger partial charge in [0.05, 0.1) is 0 Å². The molecule has 118 valence electrons. The maximum absolute atomic E-state index is 4.39. The minimum atomic E-state index is 0.446. The van der Waals surface area contributed by atoms with Crippen LogP contribution in [0.15, 0.2) is 30.6 Å². The van der Waals surface area contributed by atoms with Crippen LogP contribution in [0.5, 0.6) is 0 Å². The molecule has 4 heteroatoms. The van der Waals surface area contributed by atoms with Crippen LogP contribution < -0.4 is 4.90 Å². The number of rotatable bonds is 2. The van der Waals surface area contributed by atoms with Crippen molar-refractivity contribution in [3.8, 4) is 0 Å². The van der Waals surface area contributed by atoms with E-state index in [4.69, 9.17) is 0 Å². The van der Waals surface area contributed by atoms with Gasteiger partial charge in [0.2, 0.25) is 5.95 Å². The predicted molar refractivity (Wildman–Crippen MR) is 88.9 cm³/mol. The van der Waals surface area contributed by atoms with Crippen LogP contribution in [-0.4, -0.2) is 47.1 Å². The summed E-state index contributed by atoms with van der Waals surface area (Å²) in [6.07, 6.45) is 16.7. The molecule has 1 atom stereocenters. The normalized spacial score (nSPS) is 28.4. The molecule has 0 amide bonds. The second-order valence-corrected chi connectivity index (χ2v) is 7.11. The Hall–Kier alpha value is -1.42. The fourth-order valence-corrected chi connectivity index (χ4v) is 4.33. The fraction of sp³-hybridized carbons (Fsp3) is 0.667. The Kier molecular flexibility index (Phi) is 3.87. The van der Waals surface area contributed by atoms with E-state index in [0.717, 1.165) is 19.0 Å². The van der Waals surface area contributed by atoms with Crippen molar-refractivity contribution in [2.24, 2.45) is 5.41 Å². The van der Waals surface area contributed by atoms with E-state index >= 15 is 0 Å². The number of anilines is 1. The first kappa shape index (κ1) is 14.2. The zero-order valence-electron chi connectivity index (χ0n) is 13.3. The number of hydrogen-bond donors (Lipinski definition) is 0. The summed E-state index contributed by atoms with van der Waals surface area (Å²) in [6.45, 7) is 4.79. The molecule has 2 saturated heterocycles. The Balaban J connectivity index is 1.38. The molecule has 1 aromatic rings. The first-order valence-corrected chi connectivity index (χ1v) is 8.80. The van der Waals surface area contributed by atoms with Crippen LogP contribution >= 0.6 is 0 Å². The Morgan fingerprint density at radius 1 is 0.955 bits per heavy atom. The molecule has 1 aromatic heterocycles. The lowest BCUT2D eigenvalue weighted by Gasteiger charge is -2.43. The molecule has 2 fully saturated rings. The zero-order chi connectivity index (χ0) is 14.8. The van der Waals surface area contributed by atoms with Crippen molar-refractivity contribution < 1.29 is 0 Å². The molecule has 0 bridgehead atoms. The average Bonchev–Trinajstić information content (AvgIpc) is 3.12. The topological polar surface area (TPSA) is 32.3 Å². The van der Waals surface area contributed by atoms with Crippen molar-refractivity contribution in [1.82, 2.24) is 14.9 Å². The van der Waals surface area contributed by atoms with Crippen molar-refractivity contribution in [2.45, 2.75) is 44.6 Å². The Morgan fingerprint density at radius 3 is 2.32 bits per heavy atom. The minimum absolute atomic E-state index is 0.446. The molecule has 4 nitrogen and oxygen atoms in total. The third kappa shape index (κ3) is 2.76. The highest BCUT2D eigenvalue weighted by molar-refractivity contribution is 5.30. The largest absolute Gasteiger partial charge is 0.341 e. The smallest absolute Gasteiger partial charge is 0.225 e. The summed E-state index contributed by atoms with van der Waals surface area (Å²) in [5, 5.41) is 0. The highest BCUT2D eigenvalue weighted by Gasteiger charge is 2.36. The van der Waals surface area contributed by atoms with Crippen LogP contribution in [0.25, 0.3) is 0 Å². The summed E-state index contributed by atoms with van der Waals surface area (Å²) in [7, 11) is 0. The molecule has 0 saturated carbocycles. The highest BCUT2D eigenvalue weighted by atomic mass is 15.2. The molecule has 22 heavy (non-hydrogen) atoms. The van der Waals surface area contributed by atoms with Gasteiger partial charge in [-0.15, -0.1) is 0 Å². The van der Waals surface area contributed by atoms with Crippen LogP contribution in [0.4, 0.5) is 5.95 Å². The third-order valence-electron chi connectivity index (χ3n) is 5.81.